The molecule has 4 heterocycles. The number of amides is 4. The molecule has 2 unspecified atom stereocenters. The third-order valence-electron chi connectivity index (χ3n) is 7.15. The molecule has 4 rings (SSSR count). The van der Waals surface area contributed by atoms with Crippen LogP contribution in [0.15, 0.2) is 20.0 Å². The van der Waals surface area contributed by atoms with Gasteiger partial charge in [-0.05, 0) is 31.6 Å². The van der Waals surface area contributed by atoms with Crippen molar-refractivity contribution in [1.29, 1.82) is 0 Å². The number of amidine groups is 1. The molecular formula is C36H72N8O4. The van der Waals surface area contributed by atoms with Crippen molar-refractivity contribution >= 4 is 48.5 Å². The van der Waals surface area contributed by atoms with E-state index < -0.39 is 0 Å². The van der Waals surface area contributed by atoms with E-state index in [1.54, 1.807) is 6.34 Å². The van der Waals surface area contributed by atoms with E-state index in [0.29, 0.717) is 32.4 Å². The second-order valence-electron chi connectivity index (χ2n) is 15.4. The molecule has 0 aromatic rings. The molecule has 12 heteroatoms. The molecule has 4 aliphatic rings. The van der Waals surface area contributed by atoms with Crippen molar-refractivity contribution < 1.29 is 19.2 Å². The molecular weight excluding hydrogens is 608 g/mol. The summed E-state index contributed by atoms with van der Waals surface area (Å²) in [6, 6.07) is 0.135. The van der Waals surface area contributed by atoms with Gasteiger partial charge in [0.15, 0.2) is 0 Å². The summed E-state index contributed by atoms with van der Waals surface area (Å²) in [4.78, 5) is 62.1. The van der Waals surface area contributed by atoms with Crippen molar-refractivity contribution in [2.45, 2.75) is 144 Å². The third-order valence-corrected chi connectivity index (χ3v) is 7.15. The fraction of sp³-hybridized carbons (Fsp3) is 0.778. The van der Waals surface area contributed by atoms with E-state index in [1.807, 2.05) is 20.8 Å². The van der Waals surface area contributed by atoms with Crippen molar-refractivity contribution in [3.63, 3.8) is 0 Å². The second-order valence-corrected chi connectivity index (χ2v) is 15.4. The monoisotopic (exact) mass is 681 g/mol. The lowest BCUT2D eigenvalue weighted by atomic mass is 9.80. The zero-order valence-electron chi connectivity index (χ0n) is 29.0. The van der Waals surface area contributed by atoms with Crippen molar-refractivity contribution in [3.05, 3.63) is 0 Å². The van der Waals surface area contributed by atoms with E-state index in [0.717, 1.165) is 12.4 Å². The number of nitrogens with one attached hydrogen (secondary N) is 3. The highest BCUT2D eigenvalue weighted by molar-refractivity contribution is 6.02. The first-order valence-corrected chi connectivity index (χ1v) is 15.3. The van der Waals surface area contributed by atoms with E-state index >= 15 is 0 Å². The molecule has 0 saturated carbocycles. The zero-order valence-corrected chi connectivity index (χ0v) is 29.0. The minimum atomic E-state index is -0.0317. The van der Waals surface area contributed by atoms with Gasteiger partial charge in [0.2, 0.25) is 23.6 Å². The molecule has 0 saturated heterocycles. The smallest absolute Gasteiger partial charge is 0.248 e. The number of carbonyl (C=O) groups is 4. The Morgan fingerprint density at radius 1 is 0.750 bits per heavy atom. The maximum Gasteiger partial charge on any atom is 0.248 e. The Labute approximate surface area is 293 Å². The summed E-state index contributed by atoms with van der Waals surface area (Å²) in [6.07, 6.45) is 6.21. The highest BCUT2D eigenvalue weighted by Crippen LogP contribution is 2.27. The molecule has 4 amide bonds. The van der Waals surface area contributed by atoms with Gasteiger partial charge >= 0.3 is 0 Å². The van der Waals surface area contributed by atoms with E-state index in [4.69, 9.17) is 0 Å². The average Bonchev–Trinajstić information content (AvgIpc) is 2.88. The van der Waals surface area contributed by atoms with Crippen LogP contribution >= 0.6 is 0 Å². The molecule has 0 radical (unpaired) electrons. The zero-order chi connectivity index (χ0) is 33.9. The molecule has 4 aliphatic heterocycles. The summed E-state index contributed by atoms with van der Waals surface area (Å²) in [5.74, 6) is 1.07. The van der Waals surface area contributed by atoms with Gasteiger partial charge in [0.25, 0.3) is 0 Å². The number of nitrogens with zero attached hydrogens (tertiary/aromatic N) is 5. The van der Waals surface area contributed by atoms with Gasteiger partial charge in [-0.15, -0.1) is 0 Å². The van der Waals surface area contributed by atoms with Gasteiger partial charge in [0.05, 0.1) is 37.5 Å². The van der Waals surface area contributed by atoms with Crippen LogP contribution in [-0.2, 0) is 19.2 Å². The van der Waals surface area contributed by atoms with Crippen LogP contribution < -0.4 is 16.0 Å². The third kappa shape index (κ3) is 19.4. The Morgan fingerprint density at radius 3 is 1.67 bits per heavy atom. The highest BCUT2D eigenvalue weighted by atomic mass is 16.2. The van der Waals surface area contributed by atoms with Gasteiger partial charge in [-0.2, -0.15) is 0 Å². The van der Waals surface area contributed by atoms with E-state index in [-0.39, 0.29) is 87.1 Å². The summed E-state index contributed by atoms with van der Waals surface area (Å²) in [5, 5.41) is 7.93. The first kappa shape index (κ1) is 51.4. The molecule has 280 valence electrons. The van der Waals surface area contributed by atoms with E-state index in [1.165, 1.54) is 12.7 Å². The molecule has 0 fully saturated rings. The Hall–Kier alpha value is -3.44. The fourth-order valence-corrected chi connectivity index (χ4v) is 4.04. The van der Waals surface area contributed by atoms with Gasteiger partial charge in [0.1, 0.15) is 5.84 Å². The van der Waals surface area contributed by atoms with Crippen molar-refractivity contribution in [2.75, 3.05) is 19.6 Å². The molecule has 0 aliphatic carbocycles. The maximum atomic E-state index is 11.2. The molecule has 0 aromatic carbocycles. The lowest BCUT2D eigenvalue weighted by Gasteiger charge is -2.35. The Balaban J connectivity index is -0.000000262. The quantitative estimate of drug-likeness (QED) is 0.274. The lowest BCUT2D eigenvalue weighted by molar-refractivity contribution is -0.126. The number of hydrogen-bond donors (Lipinski definition) is 3. The Kier molecular flexibility index (Phi) is 23.0. The summed E-state index contributed by atoms with van der Waals surface area (Å²) in [6.45, 7) is 26.9. The number of aliphatic imine (C=N–C) groups is 4. The minimum absolute atomic E-state index is 0. The molecule has 3 N–H and O–H groups in total. The summed E-state index contributed by atoms with van der Waals surface area (Å²) >= 11 is 0. The molecule has 12 nitrogen and oxygen atoms in total. The minimum Gasteiger partial charge on any atom is -0.357 e. The highest BCUT2D eigenvalue weighted by Gasteiger charge is 2.32. The van der Waals surface area contributed by atoms with Crippen LogP contribution in [0.3, 0.4) is 0 Å². The molecule has 0 spiro atoms. The van der Waals surface area contributed by atoms with Crippen LogP contribution in [0.4, 0.5) is 0 Å². The van der Waals surface area contributed by atoms with Gasteiger partial charge < -0.3 is 20.9 Å². The summed E-state index contributed by atoms with van der Waals surface area (Å²) in [5.41, 5.74) is 0.163. The summed E-state index contributed by atoms with van der Waals surface area (Å²) < 4.78 is 0. The standard InChI is InChI=1S/4C8H14N2O.4CH4/c1-8(2,3)6-4-9-5-10-7(6)11;1-8(2,3)6-4-7(11)10-5-9-6;1-8(2,3)10-5-4-7(11)9-6-10;1-8(2,3)7-9-5-4-6(11)10-7;;;;/h2*5-6H,4H2,1-3H3,(H,9,10,11);6H,4-5H2,1-3H3;4-5H2,1-3H3,(H,9,10,11);4*1H4. The van der Waals surface area contributed by atoms with Gasteiger partial charge in [-0.25, -0.2) is 4.99 Å². The van der Waals surface area contributed by atoms with Crippen molar-refractivity contribution in [3.8, 4) is 0 Å². The van der Waals surface area contributed by atoms with Crippen LogP contribution in [0.1, 0.15) is 132 Å². The van der Waals surface area contributed by atoms with Gasteiger partial charge in [-0.3, -0.25) is 34.2 Å². The van der Waals surface area contributed by atoms with Gasteiger partial charge in [0, 0.05) is 43.3 Å². The topological polar surface area (TPSA) is 157 Å². The second kappa shape index (κ2) is 21.5. The Bertz CT molecular complexity index is 1130. The lowest BCUT2D eigenvalue weighted by Crippen LogP contribution is -2.43. The van der Waals surface area contributed by atoms with Crippen LogP contribution in [0.25, 0.3) is 0 Å². The number of rotatable bonds is 0. The largest absolute Gasteiger partial charge is 0.357 e. The fourth-order valence-electron chi connectivity index (χ4n) is 4.04. The average molecular weight is 681 g/mol. The normalized spacial score (nSPS) is 20.2. The van der Waals surface area contributed by atoms with Crippen LogP contribution in [0.5, 0.6) is 0 Å². The molecule has 2 atom stereocenters. The first-order valence-electron chi connectivity index (χ1n) is 15.3. The van der Waals surface area contributed by atoms with Crippen LogP contribution in [0, 0.1) is 22.2 Å². The molecule has 48 heavy (non-hydrogen) atoms. The number of hydrogen-bond acceptors (Lipinski definition) is 8. The van der Waals surface area contributed by atoms with Crippen LogP contribution in [-0.4, -0.2) is 84.6 Å². The molecule has 0 aromatic heterocycles. The number of carbonyl (C=O) groups excluding carboxylic acids is 4. The predicted molar refractivity (Wildman–Crippen MR) is 205 cm³/mol. The molecule has 0 bridgehead atoms. The van der Waals surface area contributed by atoms with E-state index in [9.17, 15) is 19.2 Å². The maximum absolute atomic E-state index is 11.2. The predicted octanol–water partition coefficient (Wildman–Crippen LogP) is 6.30. The van der Waals surface area contributed by atoms with E-state index in [2.05, 4.69) is 103 Å². The first-order chi connectivity index (χ1) is 20.0. The van der Waals surface area contributed by atoms with Crippen molar-refractivity contribution in [2.24, 2.45) is 42.1 Å². The van der Waals surface area contributed by atoms with Gasteiger partial charge in [-0.1, -0.05) is 92.0 Å². The van der Waals surface area contributed by atoms with Crippen molar-refractivity contribution in [1.82, 2.24) is 20.9 Å². The Morgan fingerprint density at radius 2 is 1.33 bits per heavy atom. The SMILES string of the molecule is C.C.C.C.CC(C)(C)C1=NCCC(=O)N1.CC(C)(C)C1CC(=O)NC=N1.CC(C)(C)C1CN=CNC1=O.CC(C)(C)N1C=NC(=O)CC1. The summed E-state index contributed by atoms with van der Waals surface area (Å²) in [7, 11) is 0. The van der Waals surface area contributed by atoms with Crippen LogP contribution in [0.2, 0.25) is 0 Å².